The van der Waals surface area contributed by atoms with Gasteiger partial charge in [0.15, 0.2) is 0 Å². The molecule has 0 radical (unpaired) electrons. The SMILES string of the molecule is C[C@@H]([N-][C@H](C)c1cccc2ccccc12)c1cccc2ccccc12.[Li+]. The minimum Gasteiger partial charge on any atom is -0.650 e. The van der Waals surface area contributed by atoms with E-state index in [1.54, 1.807) is 0 Å². The van der Waals surface area contributed by atoms with Crippen LogP contribution in [-0.4, -0.2) is 0 Å². The maximum absolute atomic E-state index is 5.12. The fourth-order valence-corrected chi connectivity index (χ4v) is 3.73. The zero-order chi connectivity index (χ0) is 17.2. The quantitative estimate of drug-likeness (QED) is 0.498. The molecule has 2 atom stereocenters. The predicted octanol–water partition coefficient (Wildman–Crippen LogP) is 4.19. The van der Waals surface area contributed by atoms with Gasteiger partial charge in [-0.1, -0.05) is 110 Å². The van der Waals surface area contributed by atoms with Crippen LogP contribution in [0, 0.1) is 0 Å². The van der Waals surface area contributed by atoms with Gasteiger partial charge in [-0.15, -0.1) is 12.1 Å². The van der Waals surface area contributed by atoms with Crippen LogP contribution in [0.15, 0.2) is 84.9 Å². The second-order valence-electron chi connectivity index (χ2n) is 6.64. The Labute approximate surface area is 167 Å². The molecule has 4 aromatic carbocycles. The summed E-state index contributed by atoms with van der Waals surface area (Å²) in [6, 6.07) is 30.4. The van der Waals surface area contributed by atoms with Gasteiger partial charge >= 0.3 is 18.9 Å². The Bertz CT molecular complexity index is 931. The van der Waals surface area contributed by atoms with E-state index in [4.69, 9.17) is 5.32 Å². The summed E-state index contributed by atoms with van der Waals surface area (Å²) in [6.45, 7) is 4.40. The molecule has 124 valence electrons. The minimum atomic E-state index is 0. The first-order valence-corrected chi connectivity index (χ1v) is 8.89. The Kier molecular flexibility index (Phi) is 5.84. The molecule has 2 heteroatoms. The smallest absolute Gasteiger partial charge is 0.650 e. The molecule has 0 N–H and O–H groups in total. The van der Waals surface area contributed by atoms with Crippen LogP contribution in [0.4, 0.5) is 0 Å². The zero-order valence-electron chi connectivity index (χ0n) is 15.7. The molecule has 0 bridgehead atoms. The third kappa shape index (κ3) is 3.57. The summed E-state index contributed by atoms with van der Waals surface area (Å²) >= 11 is 0. The van der Waals surface area contributed by atoms with E-state index >= 15 is 0 Å². The van der Waals surface area contributed by atoms with Crippen molar-refractivity contribution in [1.29, 1.82) is 0 Å². The monoisotopic (exact) mass is 331 g/mol. The summed E-state index contributed by atoms with van der Waals surface area (Å²) in [4.78, 5) is 0. The van der Waals surface area contributed by atoms with E-state index in [1.165, 1.54) is 32.7 Å². The van der Waals surface area contributed by atoms with Crippen molar-refractivity contribution in [2.75, 3.05) is 0 Å². The van der Waals surface area contributed by atoms with Gasteiger partial charge in [0, 0.05) is 0 Å². The third-order valence-corrected chi connectivity index (χ3v) is 4.99. The number of rotatable bonds is 4. The number of nitrogens with zero attached hydrogens (tertiary/aromatic N) is 1. The van der Waals surface area contributed by atoms with Gasteiger partial charge in [-0.3, -0.25) is 0 Å². The normalized spacial score (nSPS) is 13.3. The van der Waals surface area contributed by atoms with Crippen molar-refractivity contribution >= 4 is 21.5 Å². The topological polar surface area (TPSA) is 14.1 Å². The summed E-state index contributed by atoms with van der Waals surface area (Å²) in [6.07, 6.45) is 0. The van der Waals surface area contributed by atoms with Crippen molar-refractivity contribution in [3.05, 3.63) is 101 Å². The zero-order valence-corrected chi connectivity index (χ0v) is 15.7. The fourth-order valence-electron chi connectivity index (χ4n) is 3.73. The van der Waals surface area contributed by atoms with Gasteiger partial charge in [-0.25, -0.2) is 0 Å². The van der Waals surface area contributed by atoms with Gasteiger partial charge in [-0.2, -0.15) is 0 Å². The Morgan fingerprint density at radius 1 is 0.538 bits per heavy atom. The molecule has 0 aliphatic rings. The van der Waals surface area contributed by atoms with E-state index in [0.717, 1.165) is 0 Å². The van der Waals surface area contributed by atoms with Crippen LogP contribution in [0.3, 0.4) is 0 Å². The van der Waals surface area contributed by atoms with Gasteiger partial charge in [-0.05, 0) is 21.5 Å². The Hall–Kier alpha value is -2.04. The van der Waals surface area contributed by atoms with E-state index < -0.39 is 0 Å². The predicted molar refractivity (Wildman–Crippen MR) is 108 cm³/mol. The first-order chi connectivity index (χ1) is 12.2. The fraction of sp³-hybridized carbons (Fsp3) is 0.167. The molecule has 0 spiro atoms. The number of hydrogen-bond donors (Lipinski definition) is 0. The average molecular weight is 331 g/mol. The summed E-state index contributed by atoms with van der Waals surface area (Å²) in [5.41, 5.74) is 2.59. The number of fused-ring (bicyclic) bond motifs is 2. The first kappa shape index (κ1) is 18.7. The Morgan fingerprint density at radius 2 is 0.923 bits per heavy atom. The van der Waals surface area contributed by atoms with Gasteiger partial charge in [0.25, 0.3) is 0 Å². The van der Waals surface area contributed by atoms with E-state index in [-0.39, 0.29) is 30.9 Å². The van der Waals surface area contributed by atoms with Crippen LogP contribution in [0.5, 0.6) is 0 Å². The largest absolute Gasteiger partial charge is 1.00 e. The molecule has 4 rings (SSSR count). The molecule has 4 aromatic rings. The third-order valence-electron chi connectivity index (χ3n) is 4.99. The minimum absolute atomic E-state index is 0. The molecule has 1 nitrogen and oxygen atoms in total. The van der Waals surface area contributed by atoms with Crippen molar-refractivity contribution in [1.82, 2.24) is 0 Å². The second kappa shape index (κ2) is 8.10. The van der Waals surface area contributed by atoms with E-state index in [1.807, 2.05) is 0 Å². The molecular weight excluding hydrogens is 309 g/mol. The van der Waals surface area contributed by atoms with Crippen LogP contribution in [0.2, 0.25) is 0 Å². The first-order valence-electron chi connectivity index (χ1n) is 8.89. The van der Waals surface area contributed by atoms with Crippen LogP contribution in [0.25, 0.3) is 26.9 Å². The number of benzene rings is 4. The molecule has 26 heavy (non-hydrogen) atoms. The number of hydrogen-bond acceptors (Lipinski definition) is 0. The van der Waals surface area contributed by atoms with Gasteiger partial charge in [0.05, 0.1) is 0 Å². The van der Waals surface area contributed by atoms with Crippen LogP contribution < -0.4 is 18.9 Å². The standard InChI is InChI=1S/C24H22N.Li/c1-17(21-15-7-11-19-9-3-5-13-23(19)21)25-18(2)22-16-8-12-20-10-4-6-14-24(20)22;/h3-18H,1-2H3;/q-1;+1/t17-,18-;/m1./s1. The van der Waals surface area contributed by atoms with Gasteiger partial charge in [0.1, 0.15) is 0 Å². The van der Waals surface area contributed by atoms with Crippen molar-refractivity contribution in [3.8, 4) is 0 Å². The van der Waals surface area contributed by atoms with Crippen molar-refractivity contribution in [2.24, 2.45) is 0 Å². The van der Waals surface area contributed by atoms with E-state index in [2.05, 4.69) is 98.8 Å². The molecule has 0 saturated heterocycles. The summed E-state index contributed by atoms with van der Waals surface area (Å²) in [5, 5.41) is 10.3. The molecular formula is C24H22LiN. The Morgan fingerprint density at radius 3 is 1.38 bits per heavy atom. The molecule has 0 saturated carbocycles. The maximum Gasteiger partial charge on any atom is 1.00 e. The van der Waals surface area contributed by atoms with E-state index in [0.29, 0.717) is 0 Å². The molecule has 0 aliphatic carbocycles. The molecule has 0 unspecified atom stereocenters. The maximum atomic E-state index is 5.12. The van der Waals surface area contributed by atoms with Crippen LogP contribution in [-0.2, 0) is 0 Å². The van der Waals surface area contributed by atoms with Crippen LogP contribution in [0.1, 0.15) is 37.1 Å². The second-order valence-corrected chi connectivity index (χ2v) is 6.64. The summed E-state index contributed by atoms with van der Waals surface area (Å²) in [5.74, 6) is 0. The molecule has 0 fully saturated rings. The molecule has 0 amide bonds. The van der Waals surface area contributed by atoms with Gasteiger partial charge in [0.2, 0.25) is 0 Å². The van der Waals surface area contributed by atoms with Crippen LogP contribution >= 0.6 is 0 Å². The summed E-state index contributed by atoms with van der Waals surface area (Å²) in [7, 11) is 0. The molecule has 0 aromatic heterocycles. The molecule has 0 aliphatic heterocycles. The average Bonchev–Trinajstić information content (AvgIpc) is 2.67. The van der Waals surface area contributed by atoms with Gasteiger partial charge < -0.3 is 5.32 Å². The van der Waals surface area contributed by atoms with E-state index in [9.17, 15) is 0 Å². The van der Waals surface area contributed by atoms with Crippen molar-refractivity contribution < 1.29 is 18.9 Å². The summed E-state index contributed by atoms with van der Waals surface area (Å²) < 4.78 is 0. The van der Waals surface area contributed by atoms with Crippen molar-refractivity contribution in [2.45, 2.75) is 25.9 Å². The van der Waals surface area contributed by atoms with Crippen molar-refractivity contribution in [3.63, 3.8) is 0 Å². The molecule has 0 heterocycles. The Balaban J connectivity index is 0.00000196.